The van der Waals surface area contributed by atoms with Crippen LogP contribution in [0, 0.1) is 0 Å². The summed E-state index contributed by atoms with van der Waals surface area (Å²) in [4.78, 5) is 7.60. The van der Waals surface area contributed by atoms with Crippen molar-refractivity contribution in [2.75, 3.05) is 18.8 Å². The molecule has 0 atom stereocenters. The SMILES string of the molecule is CCS(=O)(=O)c1ccc(-c2ccc(C3CCN(C(C)C)CC3)nc2)cc1.Cl.Cl. The minimum atomic E-state index is -3.15. The standard InChI is InChI=1S/C21H28N2O2S.2ClH/c1-4-26(24,25)20-8-5-17(6-9-20)19-7-10-21(22-15-19)18-11-13-23(14-12-18)16(2)3;;/h5-10,15-16,18H,4,11-14H2,1-3H3;2*1H. The zero-order valence-electron chi connectivity index (χ0n) is 16.7. The van der Waals surface area contributed by atoms with Crippen LogP contribution in [0.25, 0.3) is 11.1 Å². The van der Waals surface area contributed by atoms with Crippen LogP contribution in [0.3, 0.4) is 0 Å². The van der Waals surface area contributed by atoms with Gasteiger partial charge in [0.2, 0.25) is 0 Å². The molecule has 1 aromatic heterocycles. The lowest BCUT2D eigenvalue weighted by Gasteiger charge is -2.34. The zero-order valence-corrected chi connectivity index (χ0v) is 19.1. The van der Waals surface area contributed by atoms with Crippen LogP contribution in [0.1, 0.15) is 45.2 Å². The van der Waals surface area contributed by atoms with E-state index in [1.54, 1.807) is 19.1 Å². The monoisotopic (exact) mass is 444 g/mol. The van der Waals surface area contributed by atoms with Crippen molar-refractivity contribution in [3.05, 3.63) is 48.3 Å². The first-order chi connectivity index (χ1) is 12.4. The topological polar surface area (TPSA) is 50.3 Å². The summed E-state index contributed by atoms with van der Waals surface area (Å²) in [6, 6.07) is 11.9. The van der Waals surface area contributed by atoms with E-state index in [2.05, 4.69) is 30.9 Å². The van der Waals surface area contributed by atoms with Gasteiger partial charge in [0.25, 0.3) is 0 Å². The summed E-state index contributed by atoms with van der Waals surface area (Å²) in [6.07, 6.45) is 4.23. The second kappa shape index (κ2) is 10.6. The van der Waals surface area contributed by atoms with E-state index in [0.29, 0.717) is 16.9 Å². The van der Waals surface area contributed by atoms with Crippen LogP contribution in [0.5, 0.6) is 0 Å². The number of benzene rings is 1. The molecule has 0 bridgehead atoms. The van der Waals surface area contributed by atoms with E-state index in [-0.39, 0.29) is 30.6 Å². The molecule has 156 valence electrons. The number of hydrogen-bond acceptors (Lipinski definition) is 4. The lowest BCUT2D eigenvalue weighted by Crippen LogP contribution is -2.37. The molecular formula is C21H30Cl2N2O2S. The molecule has 0 radical (unpaired) electrons. The number of rotatable bonds is 5. The Morgan fingerprint density at radius 2 is 1.57 bits per heavy atom. The number of sulfone groups is 1. The average molecular weight is 445 g/mol. The molecule has 3 rings (SSSR count). The van der Waals surface area contributed by atoms with Gasteiger partial charge in [0.15, 0.2) is 9.84 Å². The Morgan fingerprint density at radius 3 is 2.04 bits per heavy atom. The molecule has 0 saturated carbocycles. The molecule has 1 aliphatic rings. The highest BCUT2D eigenvalue weighted by molar-refractivity contribution is 7.91. The van der Waals surface area contributed by atoms with Gasteiger partial charge in [-0.2, -0.15) is 0 Å². The van der Waals surface area contributed by atoms with Gasteiger partial charge in [-0.25, -0.2) is 8.42 Å². The Labute approximate surface area is 181 Å². The Kier molecular flexibility index (Phi) is 9.41. The van der Waals surface area contributed by atoms with Crippen molar-refractivity contribution in [2.45, 2.75) is 50.5 Å². The van der Waals surface area contributed by atoms with Crippen LogP contribution in [0.2, 0.25) is 0 Å². The molecular weight excluding hydrogens is 415 g/mol. The van der Waals surface area contributed by atoms with Gasteiger partial charge < -0.3 is 4.90 Å². The van der Waals surface area contributed by atoms with Gasteiger partial charge >= 0.3 is 0 Å². The number of halogens is 2. The molecule has 0 aliphatic carbocycles. The Bertz CT molecular complexity index is 830. The van der Waals surface area contributed by atoms with E-state index in [9.17, 15) is 8.42 Å². The Balaban J connectivity index is 0.00000196. The first kappa shape index (κ1) is 24.9. The van der Waals surface area contributed by atoms with E-state index in [1.807, 2.05) is 18.3 Å². The Hall–Kier alpha value is -1.14. The molecule has 2 aromatic rings. The van der Waals surface area contributed by atoms with Gasteiger partial charge in [-0.3, -0.25) is 4.98 Å². The van der Waals surface area contributed by atoms with Crippen LogP contribution in [0.4, 0.5) is 0 Å². The zero-order chi connectivity index (χ0) is 18.7. The molecule has 0 amide bonds. The van der Waals surface area contributed by atoms with E-state index < -0.39 is 9.84 Å². The van der Waals surface area contributed by atoms with Crippen molar-refractivity contribution in [3.63, 3.8) is 0 Å². The summed E-state index contributed by atoms with van der Waals surface area (Å²) in [5.74, 6) is 0.661. The van der Waals surface area contributed by atoms with Crippen molar-refractivity contribution in [2.24, 2.45) is 0 Å². The number of likely N-dealkylation sites (tertiary alicyclic amines) is 1. The molecule has 1 saturated heterocycles. The molecule has 2 heterocycles. The average Bonchev–Trinajstić information content (AvgIpc) is 2.68. The number of aromatic nitrogens is 1. The number of hydrogen-bond donors (Lipinski definition) is 0. The summed E-state index contributed by atoms with van der Waals surface area (Å²) in [5.41, 5.74) is 3.19. The number of pyridine rings is 1. The summed E-state index contributed by atoms with van der Waals surface area (Å²) in [5, 5.41) is 0. The molecule has 0 spiro atoms. The van der Waals surface area contributed by atoms with Gasteiger partial charge in [-0.1, -0.05) is 25.1 Å². The normalized spacial score (nSPS) is 15.7. The minimum absolute atomic E-state index is 0. The predicted octanol–water partition coefficient (Wildman–Crippen LogP) is 4.97. The van der Waals surface area contributed by atoms with Crippen LogP contribution in [0.15, 0.2) is 47.5 Å². The fourth-order valence-corrected chi connectivity index (χ4v) is 4.43. The molecule has 28 heavy (non-hydrogen) atoms. The molecule has 0 N–H and O–H groups in total. The van der Waals surface area contributed by atoms with Crippen molar-refractivity contribution in [1.82, 2.24) is 9.88 Å². The lowest BCUT2D eigenvalue weighted by atomic mass is 9.92. The van der Waals surface area contributed by atoms with Crippen LogP contribution in [-0.4, -0.2) is 43.2 Å². The smallest absolute Gasteiger partial charge is 0.178 e. The van der Waals surface area contributed by atoms with Gasteiger partial charge in [0, 0.05) is 29.4 Å². The van der Waals surface area contributed by atoms with Crippen molar-refractivity contribution < 1.29 is 8.42 Å². The maximum Gasteiger partial charge on any atom is 0.178 e. The highest BCUT2D eigenvalue weighted by Crippen LogP contribution is 2.29. The van der Waals surface area contributed by atoms with Gasteiger partial charge in [0.1, 0.15) is 0 Å². The molecule has 1 aromatic carbocycles. The Morgan fingerprint density at radius 1 is 1.00 bits per heavy atom. The van der Waals surface area contributed by atoms with Crippen molar-refractivity contribution in [3.8, 4) is 11.1 Å². The molecule has 7 heteroatoms. The summed E-state index contributed by atoms with van der Waals surface area (Å²) < 4.78 is 23.8. The summed E-state index contributed by atoms with van der Waals surface area (Å²) >= 11 is 0. The summed E-state index contributed by atoms with van der Waals surface area (Å²) in [7, 11) is -3.15. The third kappa shape index (κ3) is 5.69. The van der Waals surface area contributed by atoms with Crippen molar-refractivity contribution in [1.29, 1.82) is 0 Å². The van der Waals surface area contributed by atoms with Crippen LogP contribution < -0.4 is 0 Å². The minimum Gasteiger partial charge on any atom is -0.301 e. The van der Waals surface area contributed by atoms with Crippen LogP contribution in [-0.2, 0) is 9.84 Å². The number of piperidine rings is 1. The molecule has 1 fully saturated rings. The fourth-order valence-electron chi connectivity index (χ4n) is 3.55. The predicted molar refractivity (Wildman–Crippen MR) is 121 cm³/mol. The maximum atomic E-state index is 11.9. The largest absolute Gasteiger partial charge is 0.301 e. The highest BCUT2D eigenvalue weighted by Gasteiger charge is 2.22. The molecule has 1 aliphatic heterocycles. The first-order valence-corrected chi connectivity index (χ1v) is 11.1. The van der Waals surface area contributed by atoms with Gasteiger partial charge in [-0.15, -0.1) is 24.8 Å². The lowest BCUT2D eigenvalue weighted by molar-refractivity contribution is 0.171. The quantitative estimate of drug-likeness (QED) is 0.652. The van der Waals surface area contributed by atoms with Gasteiger partial charge in [0.05, 0.1) is 10.6 Å². The summed E-state index contributed by atoms with van der Waals surface area (Å²) in [6.45, 7) is 8.45. The first-order valence-electron chi connectivity index (χ1n) is 9.44. The van der Waals surface area contributed by atoms with Crippen LogP contribution >= 0.6 is 24.8 Å². The third-order valence-electron chi connectivity index (χ3n) is 5.39. The van der Waals surface area contributed by atoms with Crippen molar-refractivity contribution >= 4 is 34.7 Å². The van der Waals surface area contributed by atoms with Gasteiger partial charge in [-0.05, 0) is 63.5 Å². The molecule has 4 nitrogen and oxygen atoms in total. The fraction of sp³-hybridized carbons (Fsp3) is 0.476. The third-order valence-corrected chi connectivity index (χ3v) is 7.14. The van der Waals surface area contributed by atoms with E-state index in [4.69, 9.17) is 4.98 Å². The second-order valence-electron chi connectivity index (χ2n) is 7.30. The second-order valence-corrected chi connectivity index (χ2v) is 9.58. The van der Waals surface area contributed by atoms with E-state index in [0.717, 1.165) is 37.1 Å². The van der Waals surface area contributed by atoms with E-state index in [1.165, 1.54) is 5.69 Å². The molecule has 0 unspecified atom stereocenters. The highest BCUT2D eigenvalue weighted by atomic mass is 35.5. The maximum absolute atomic E-state index is 11.9. The van der Waals surface area contributed by atoms with E-state index >= 15 is 0 Å². The number of nitrogens with zero attached hydrogens (tertiary/aromatic N) is 2.